The first kappa shape index (κ1) is 15.4. The van der Waals surface area contributed by atoms with Gasteiger partial charge in [-0.3, -0.25) is 10.2 Å². The molecule has 96 valence electrons. The second-order valence-corrected chi connectivity index (χ2v) is 5.01. The third kappa shape index (κ3) is 7.65. The van der Waals surface area contributed by atoms with Gasteiger partial charge in [-0.2, -0.15) is 0 Å². The summed E-state index contributed by atoms with van der Waals surface area (Å²) in [4.78, 5) is 13.4. The summed E-state index contributed by atoms with van der Waals surface area (Å²) in [5.41, 5.74) is 2.16. The molecule has 1 amide bonds. The Morgan fingerprint density at radius 1 is 1.25 bits per heavy atom. The van der Waals surface area contributed by atoms with Crippen molar-refractivity contribution in [2.75, 3.05) is 13.1 Å². The Morgan fingerprint density at radius 3 is 2.31 bits per heavy atom. The average molecular weight is 229 g/mol. The summed E-state index contributed by atoms with van der Waals surface area (Å²) >= 11 is 0. The van der Waals surface area contributed by atoms with Crippen LogP contribution in [0.1, 0.15) is 47.0 Å². The van der Waals surface area contributed by atoms with Gasteiger partial charge < -0.3 is 4.90 Å². The van der Waals surface area contributed by atoms with E-state index in [2.05, 4.69) is 38.0 Å². The summed E-state index contributed by atoms with van der Waals surface area (Å²) in [6.45, 7) is 11.1. The molecule has 0 bridgehead atoms. The molecule has 0 fully saturated rings. The molecule has 4 nitrogen and oxygen atoms in total. The maximum atomic E-state index is 10.9. The van der Waals surface area contributed by atoms with E-state index >= 15 is 0 Å². The third-order valence-electron chi connectivity index (χ3n) is 2.59. The number of hydrazine groups is 1. The van der Waals surface area contributed by atoms with E-state index in [9.17, 15) is 4.79 Å². The topological polar surface area (TPSA) is 58.4 Å². The van der Waals surface area contributed by atoms with Crippen LogP contribution in [0, 0.1) is 5.92 Å². The fraction of sp³-hybridized carbons (Fsp3) is 0.917. The molecule has 3 N–H and O–H groups in total. The van der Waals surface area contributed by atoms with Crippen molar-refractivity contribution in [2.45, 2.75) is 53.0 Å². The van der Waals surface area contributed by atoms with E-state index in [1.165, 1.54) is 0 Å². The Balaban J connectivity index is 3.72. The highest BCUT2D eigenvalue weighted by Crippen LogP contribution is 2.07. The van der Waals surface area contributed by atoms with Gasteiger partial charge in [-0.05, 0) is 39.2 Å². The molecule has 0 aromatic rings. The molecule has 4 heteroatoms. The first-order chi connectivity index (χ1) is 7.47. The second kappa shape index (κ2) is 8.53. The quantitative estimate of drug-likeness (QED) is 0.287. The minimum atomic E-state index is -0.0695. The van der Waals surface area contributed by atoms with E-state index in [1.807, 2.05) is 0 Å². The molecule has 0 unspecified atom stereocenters. The van der Waals surface area contributed by atoms with Crippen LogP contribution >= 0.6 is 0 Å². The predicted molar refractivity (Wildman–Crippen MR) is 67.7 cm³/mol. The number of hydrogen-bond donors (Lipinski definition) is 2. The van der Waals surface area contributed by atoms with Crippen molar-refractivity contribution >= 4 is 5.91 Å². The summed E-state index contributed by atoms with van der Waals surface area (Å²) in [6.07, 6.45) is 2.49. The fourth-order valence-electron chi connectivity index (χ4n) is 1.70. The largest absolute Gasteiger partial charge is 0.301 e. The zero-order valence-electron chi connectivity index (χ0n) is 11.1. The minimum absolute atomic E-state index is 0.0695. The number of nitrogens with two attached hydrogens (primary N) is 1. The summed E-state index contributed by atoms with van der Waals surface area (Å²) < 4.78 is 0. The van der Waals surface area contributed by atoms with Crippen molar-refractivity contribution < 1.29 is 4.79 Å². The second-order valence-electron chi connectivity index (χ2n) is 5.01. The molecular formula is C12H27N3O. The number of amides is 1. The van der Waals surface area contributed by atoms with Gasteiger partial charge in [0.2, 0.25) is 5.91 Å². The third-order valence-corrected chi connectivity index (χ3v) is 2.59. The molecule has 0 saturated carbocycles. The van der Waals surface area contributed by atoms with Crippen LogP contribution in [-0.4, -0.2) is 29.9 Å². The molecule has 16 heavy (non-hydrogen) atoms. The van der Waals surface area contributed by atoms with Gasteiger partial charge in [0.25, 0.3) is 0 Å². The Kier molecular flexibility index (Phi) is 8.21. The lowest BCUT2D eigenvalue weighted by atomic mass is 10.1. The van der Waals surface area contributed by atoms with E-state index in [4.69, 9.17) is 5.84 Å². The smallest absolute Gasteiger partial charge is 0.233 e. The van der Waals surface area contributed by atoms with Gasteiger partial charge in [-0.15, -0.1) is 0 Å². The summed E-state index contributed by atoms with van der Waals surface area (Å²) in [7, 11) is 0. The summed E-state index contributed by atoms with van der Waals surface area (Å²) in [5, 5.41) is 0. The van der Waals surface area contributed by atoms with Crippen LogP contribution in [0.4, 0.5) is 0 Å². The van der Waals surface area contributed by atoms with Crippen LogP contribution in [0.5, 0.6) is 0 Å². The number of nitrogens with one attached hydrogen (secondary N) is 1. The molecule has 0 heterocycles. The van der Waals surface area contributed by atoms with Crippen molar-refractivity contribution in [3.8, 4) is 0 Å². The van der Waals surface area contributed by atoms with Crippen LogP contribution in [0.15, 0.2) is 0 Å². The molecule has 0 aliphatic rings. The number of unbranched alkanes of at least 4 members (excludes halogenated alkanes) is 1. The highest BCUT2D eigenvalue weighted by molar-refractivity contribution is 5.75. The van der Waals surface area contributed by atoms with E-state index in [-0.39, 0.29) is 5.91 Å². The molecule has 0 spiro atoms. The van der Waals surface area contributed by atoms with E-state index < -0.39 is 0 Å². The van der Waals surface area contributed by atoms with Crippen LogP contribution in [0.25, 0.3) is 0 Å². The summed E-state index contributed by atoms with van der Waals surface area (Å²) in [6, 6.07) is 0.575. The first-order valence-corrected chi connectivity index (χ1v) is 6.20. The Morgan fingerprint density at radius 2 is 1.88 bits per heavy atom. The fourth-order valence-corrected chi connectivity index (χ4v) is 1.70. The molecule has 0 rings (SSSR count). The zero-order valence-corrected chi connectivity index (χ0v) is 11.1. The van der Waals surface area contributed by atoms with E-state index in [1.54, 1.807) is 0 Å². The molecule has 0 aliphatic carbocycles. The monoisotopic (exact) mass is 229 g/mol. The van der Waals surface area contributed by atoms with Crippen LogP contribution in [-0.2, 0) is 4.79 Å². The van der Waals surface area contributed by atoms with Crippen LogP contribution in [0.3, 0.4) is 0 Å². The highest BCUT2D eigenvalue weighted by atomic mass is 16.2. The molecule has 0 aromatic heterocycles. The average Bonchev–Trinajstić information content (AvgIpc) is 2.21. The van der Waals surface area contributed by atoms with E-state index in [0.717, 1.165) is 25.9 Å². The standard InChI is InChI=1S/C12H27N3O/c1-10(2)9-15(11(3)4)8-6-5-7-12(16)14-13/h10-11H,5-9,13H2,1-4H3,(H,14,16). The van der Waals surface area contributed by atoms with Gasteiger partial charge in [-0.25, -0.2) is 5.84 Å². The number of hydrogen-bond acceptors (Lipinski definition) is 3. The van der Waals surface area contributed by atoms with E-state index in [0.29, 0.717) is 18.4 Å². The van der Waals surface area contributed by atoms with Gasteiger partial charge in [-0.1, -0.05) is 13.8 Å². The SMILES string of the molecule is CC(C)CN(CCCCC(=O)NN)C(C)C. The predicted octanol–water partition coefficient (Wildman–Crippen LogP) is 1.51. The Labute approximate surface area is 99.5 Å². The van der Waals surface area contributed by atoms with Gasteiger partial charge in [0.1, 0.15) is 0 Å². The zero-order chi connectivity index (χ0) is 12.6. The maximum absolute atomic E-state index is 10.9. The van der Waals surface area contributed by atoms with Gasteiger partial charge in [0.05, 0.1) is 0 Å². The Hall–Kier alpha value is -0.610. The molecular weight excluding hydrogens is 202 g/mol. The number of carbonyl (C=O) groups excluding carboxylic acids is 1. The molecule has 0 atom stereocenters. The van der Waals surface area contributed by atoms with Crippen molar-refractivity contribution in [1.82, 2.24) is 10.3 Å². The lowest BCUT2D eigenvalue weighted by Crippen LogP contribution is -2.35. The number of rotatable bonds is 8. The highest BCUT2D eigenvalue weighted by Gasteiger charge is 2.10. The van der Waals surface area contributed by atoms with Crippen molar-refractivity contribution in [2.24, 2.45) is 11.8 Å². The van der Waals surface area contributed by atoms with Gasteiger partial charge in [0.15, 0.2) is 0 Å². The molecule has 0 radical (unpaired) electrons. The first-order valence-electron chi connectivity index (χ1n) is 6.20. The van der Waals surface area contributed by atoms with Gasteiger partial charge in [0, 0.05) is 19.0 Å². The minimum Gasteiger partial charge on any atom is -0.301 e. The molecule has 0 saturated heterocycles. The Bertz CT molecular complexity index is 193. The van der Waals surface area contributed by atoms with Crippen molar-refractivity contribution in [3.05, 3.63) is 0 Å². The van der Waals surface area contributed by atoms with Crippen molar-refractivity contribution in [3.63, 3.8) is 0 Å². The normalized spacial score (nSPS) is 11.5. The lowest BCUT2D eigenvalue weighted by Gasteiger charge is -2.28. The molecule has 0 aliphatic heterocycles. The maximum Gasteiger partial charge on any atom is 0.233 e. The van der Waals surface area contributed by atoms with Crippen molar-refractivity contribution in [1.29, 1.82) is 0 Å². The number of nitrogens with zero attached hydrogens (tertiary/aromatic N) is 1. The van der Waals surface area contributed by atoms with Crippen LogP contribution in [0.2, 0.25) is 0 Å². The van der Waals surface area contributed by atoms with Gasteiger partial charge >= 0.3 is 0 Å². The lowest BCUT2D eigenvalue weighted by molar-refractivity contribution is -0.121. The molecule has 0 aromatic carbocycles. The van der Waals surface area contributed by atoms with Crippen LogP contribution < -0.4 is 11.3 Å². The number of carbonyl (C=O) groups is 1. The summed E-state index contributed by atoms with van der Waals surface area (Å²) in [5.74, 6) is 5.64.